The highest BCUT2D eigenvalue weighted by molar-refractivity contribution is 7.99. The van der Waals surface area contributed by atoms with Gasteiger partial charge in [-0.05, 0) is 34.3 Å². The van der Waals surface area contributed by atoms with Gasteiger partial charge in [0.1, 0.15) is 6.07 Å². The van der Waals surface area contributed by atoms with E-state index in [0.29, 0.717) is 10.7 Å². The van der Waals surface area contributed by atoms with Crippen LogP contribution in [0.2, 0.25) is 0 Å². The summed E-state index contributed by atoms with van der Waals surface area (Å²) in [5.74, 6) is 0. The highest BCUT2D eigenvalue weighted by Crippen LogP contribution is 2.27. The normalized spacial score (nSPS) is 9.87. The monoisotopic (exact) mass is 217 g/mol. The van der Waals surface area contributed by atoms with Gasteiger partial charge in [-0.3, -0.25) is 0 Å². The second kappa shape index (κ2) is 4.11. The summed E-state index contributed by atoms with van der Waals surface area (Å²) < 4.78 is 1.57. The number of tetrazole rings is 1. The molecule has 0 atom stereocenters. The van der Waals surface area contributed by atoms with Gasteiger partial charge in [0.05, 0.1) is 5.56 Å². The summed E-state index contributed by atoms with van der Waals surface area (Å²) in [6.45, 7) is 0. The first-order valence-electron chi connectivity index (χ1n) is 4.20. The molecule has 0 unspecified atom stereocenters. The van der Waals surface area contributed by atoms with Crippen LogP contribution in [0.1, 0.15) is 5.56 Å². The van der Waals surface area contributed by atoms with Crippen molar-refractivity contribution in [1.29, 1.82) is 5.26 Å². The van der Waals surface area contributed by atoms with Crippen molar-refractivity contribution in [3.63, 3.8) is 0 Å². The summed E-state index contributed by atoms with van der Waals surface area (Å²) in [4.78, 5) is 0.859. The van der Waals surface area contributed by atoms with Gasteiger partial charge in [0.15, 0.2) is 0 Å². The van der Waals surface area contributed by atoms with Gasteiger partial charge in [0.2, 0.25) is 5.16 Å². The van der Waals surface area contributed by atoms with Gasteiger partial charge in [0, 0.05) is 11.9 Å². The van der Waals surface area contributed by atoms with E-state index in [4.69, 9.17) is 5.26 Å². The molecule has 0 fully saturated rings. The van der Waals surface area contributed by atoms with E-state index in [1.165, 1.54) is 11.8 Å². The van der Waals surface area contributed by atoms with Gasteiger partial charge >= 0.3 is 0 Å². The third-order valence-corrected chi connectivity index (χ3v) is 2.89. The van der Waals surface area contributed by atoms with E-state index in [0.717, 1.165) is 4.90 Å². The number of hydrogen-bond acceptors (Lipinski definition) is 5. The lowest BCUT2D eigenvalue weighted by molar-refractivity contribution is 0.664. The van der Waals surface area contributed by atoms with E-state index in [-0.39, 0.29) is 0 Å². The lowest BCUT2D eigenvalue weighted by Crippen LogP contribution is -1.93. The Morgan fingerprint density at radius 3 is 2.87 bits per heavy atom. The molecule has 0 spiro atoms. The second-order valence-corrected chi connectivity index (χ2v) is 3.80. The Kier molecular flexibility index (Phi) is 2.65. The summed E-state index contributed by atoms with van der Waals surface area (Å²) >= 11 is 1.38. The van der Waals surface area contributed by atoms with Gasteiger partial charge in [-0.1, -0.05) is 12.1 Å². The molecule has 0 bridgehead atoms. The third kappa shape index (κ3) is 1.97. The first kappa shape index (κ1) is 9.68. The predicted octanol–water partition coefficient (Wildman–Crippen LogP) is 1.23. The third-order valence-electron chi connectivity index (χ3n) is 1.79. The average molecular weight is 217 g/mol. The number of hydrogen-bond donors (Lipinski definition) is 0. The second-order valence-electron chi connectivity index (χ2n) is 2.80. The van der Waals surface area contributed by atoms with Gasteiger partial charge in [0.25, 0.3) is 0 Å². The summed E-state index contributed by atoms with van der Waals surface area (Å²) in [6, 6.07) is 9.48. The van der Waals surface area contributed by atoms with Crippen molar-refractivity contribution in [2.75, 3.05) is 0 Å². The van der Waals surface area contributed by atoms with Crippen LogP contribution in [0.25, 0.3) is 0 Å². The summed E-state index contributed by atoms with van der Waals surface area (Å²) in [5, 5.41) is 20.7. The quantitative estimate of drug-likeness (QED) is 0.756. The van der Waals surface area contributed by atoms with Crippen LogP contribution in [0.4, 0.5) is 0 Å². The van der Waals surface area contributed by atoms with Crippen LogP contribution in [0.3, 0.4) is 0 Å². The lowest BCUT2D eigenvalue weighted by atomic mass is 10.2. The van der Waals surface area contributed by atoms with E-state index in [9.17, 15) is 0 Å². The summed E-state index contributed by atoms with van der Waals surface area (Å²) in [5.41, 5.74) is 0.630. The van der Waals surface area contributed by atoms with Gasteiger partial charge < -0.3 is 0 Å². The molecule has 5 nitrogen and oxygen atoms in total. The molecule has 0 amide bonds. The highest BCUT2D eigenvalue weighted by Gasteiger charge is 2.07. The Labute approximate surface area is 90.7 Å². The van der Waals surface area contributed by atoms with E-state index >= 15 is 0 Å². The maximum Gasteiger partial charge on any atom is 0.213 e. The molecule has 74 valence electrons. The van der Waals surface area contributed by atoms with Gasteiger partial charge in [-0.25, -0.2) is 4.68 Å². The molecular weight excluding hydrogens is 210 g/mol. The lowest BCUT2D eigenvalue weighted by Gasteiger charge is -2.00. The number of aryl methyl sites for hydroxylation is 1. The molecule has 2 aromatic rings. The minimum atomic E-state index is 0.630. The predicted molar refractivity (Wildman–Crippen MR) is 54.1 cm³/mol. The zero-order valence-electron chi connectivity index (χ0n) is 7.95. The van der Waals surface area contributed by atoms with Crippen LogP contribution in [0.15, 0.2) is 34.3 Å². The topological polar surface area (TPSA) is 67.4 Å². The number of aromatic nitrogens is 4. The first-order valence-corrected chi connectivity index (χ1v) is 5.02. The Bertz CT molecular complexity index is 513. The van der Waals surface area contributed by atoms with Crippen LogP contribution >= 0.6 is 11.8 Å². The maximum atomic E-state index is 8.89. The largest absolute Gasteiger partial charge is 0.223 e. The van der Waals surface area contributed by atoms with Crippen molar-refractivity contribution in [3.05, 3.63) is 29.8 Å². The molecular formula is C9H7N5S. The minimum Gasteiger partial charge on any atom is -0.223 e. The number of nitrogens with zero attached hydrogens (tertiary/aromatic N) is 5. The van der Waals surface area contributed by atoms with Crippen LogP contribution in [-0.2, 0) is 7.05 Å². The van der Waals surface area contributed by atoms with E-state index in [2.05, 4.69) is 21.6 Å². The first-order chi connectivity index (χ1) is 7.31. The summed E-state index contributed by atoms with van der Waals surface area (Å²) in [7, 11) is 1.76. The molecule has 6 heteroatoms. The van der Waals surface area contributed by atoms with Crippen LogP contribution in [-0.4, -0.2) is 20.2 Å². The average Bonchev–Trinajstić information content (AvgIpc) is 2.65. The van der Waals surface area contributed by atoms with Crippen molar-refractivity contribution < 1.29 is 0 Å². The Morgan fingerprint density at radius 1 is 1.40 bits per heavy atom. The molecule has 0 aliphatic heterocycles. The molecule has 1 heterocycles. The van der Waals surface area contributed by atoms with E-state index < -0.39 is 0 Å². The molecule has 0 aliphatic rings. The zero-order chi connectivity index (χ0) is 10.7. The molecule has 0 saturated heterocycles. The Morgan fingerprint density at radius 2 is 2.20 bits per heavy atom. The molecule has 2 rings (SSSR count). The zero-order valence-corrected chi connectivity index (χ0v) is 8.77. The standard InChI is InChI=1S/C9H7N5S/c1-14-9(11-12-13-14)15-8-5-3-2-4-7(8)6-10/h2-5H,1H3. The van der Waals surface area contributed by atoms with Crippen molar-refractivity contribution in [1.82, 2.24) is 20.2 Å². The number of rotatable bonds is 2. The fourth-order valence-electron chi connectivity index (χ4n) is 1.05. The molecule has 15 heavy (non-hydrogen) atoms. The minimum absolute atomic E-state index is 0.630. The number of benzene rings is 1. The van der Waals surface area contributed by atoms with Crippen molar-refractivity contribution in [2.45, 2.75) is 10.1 Å². The SMILES string of the molecule is Cn1nnnc1Sc1ccccc1C#N. The van der Waals surface area contributed by atoms with Crippen molar-refractivity contribution in [2.24, 2.45) is 7.05 Å². The molecule has 1 aromatic carbocycles. The van der Waals surface area contributed by atoms with E-state index in [1.807, 2.05) is 18.2 Å². The number of nitriles is 1. The van der Waals surface area contributed by atoms with Crippen LogP contribution < -0.4 is 0 Å². The van der Waals surface area contributed by atoms with Crippen molar-refractivity contribution >= 4 is 11.8 Å². The van der Waals surface area contributed by atoms with Crippen molar-refractivity contribution in [3.8, 4) is 6.07 Å². The molecule has 0 aliphatic carbocycles. The molecule has 1 aromatic heterocycles. The molecule has 0 saturated carbocycles. The fraction of sp³-hybridized carbons (Fsp3) is 0.111. The molecule has 0 radical (unpaired) electrons. The molecule has 0 N–H and O–H groups in total. The van der Waals surface area contributed by atoms with Crippen LogP contribution in [0.5, 0.6) is 0 Å². The van der Waals surface area contributed by atoms with E-state index in [1.54, 1.807) is 17.8 Å². The van der Waals surface area contributed by atoms with Crippen LogP contribution in [0, 0.1) is 11.3 Å². The highest BCUT2D eigenvalue weighted by atomic mass is 32.2. The summed E-state index contributed by atoms with van der Waals surface area (Å²) in [6.07, 6.45) is 0. The Hall–Kier alpha value is -1.87. The van der Waals surface area contributed by atoms with Gasteiger partial charge in [-0.2, -0.15) is 5.26 Å². The fourth-order valence-corrected chi connectivity index (χ4v) is 1.87. The Balaban J connectivity index is 2.33. The van der Waals surface area contributed by atoms with Gasteiger partial charge in [-0.15, -0.1) is 5.10 Å². The smallest absolute Gasteiger partial charge is 0.213 e. The maximum absolute atomic E-state index is 8.89.